The third-order valence-corrected chi connectivity index (χ3v) is 7.26. The van der Waals surface area contributed by atoms with Gasteiger partial charge in [-0.05, 0) is 58.1 Å². The predicted molar refractivity (Wildman–Crippen MR) is 119 cm³/mol. The molecule has 8 nitrogen and oxygen atoms in total. The Kier molecular flexibility index (Phi) is 6.05. The van der Waals surface area contributed by atoms with Gasteiger partial charge in [0.2, 0.25) is 0 Å². The topological polar surface area (TPSA) is 127 Å². The molecular formula is C23H26ClFN4O4. The van der Waals surface area contributed by atoms with Gasteiger partial charge in [-0.15, -0.1) is 0 Å². The number of fused-ring (bicyclic) bond motifs is 3. The lowest BCUT2D eigenvalue weighted by Crippen LogP contribution is -2.66. The summed E-state index contributed by atoms with van der Waals surface area (Å²) in [7, 11) is 0. The molecule has 3 aliphatic carbocycles. The van der Waals surface area contributed by atoms with Gasteiger partial charge in [0.15, 0.2) is 6.61 Å². The molecule has 4 N–H and O–H groups in total. The monoisotopic (exact) mass is 476 g/mol. The third-order valence-electron chi connectivity index (χ3n) is 6.95. The van der Waals surface area contributed by atoms with E-state index in [1.165, 1.54) is 12.1 Å². The second-order valence-electron chi connectivity index (χ2n) is 9.03. The summed E-state index contributed by atoms with van der Waals surface area (Å²) in [4.78, 5) is 33.4. The Morgan fingerprint density at radius 1 is 1.24 bits per heavy atom. The van der Waals surface area contributed by atoms with E-state index in [-0.39, 0.29) is 23.1 Å². The minimum absolute atomic E-state index is 0.0295. The zero-order valence-corrected chi connectivity index (χ0v) is 19.2. The Hall–Kier alpha value is -2.78. The molecule has 3 aliphatic rings. The summed E-state index contributed by atoms with van der Waals surface area (Å²) in [6.45, 7) is 3.22. The van der Waals surface area contributed by atoms with Gasteiger partial charge in [-0.1, -0.05) is 11.6 Å². The second kappa shape index (κ2) is 8.53. The molecule has 0 saturated heterocycles. The molecule has 33 heavy (non-hydrogen) atoms. The van der Waals surface area contributed by atoms with E-state index in [2.05, 4.69) is 15.3 Å². The number of nitrogens with two attached hydrogens (primary N) is 1. The number of aromatic nitrogens is 2. The van der Waals surface area contributed by atoms with Gasteiger partial charge in [0.05, 0.1) is 33.7 Å². The molecule has 1 atom stereocenters. The van der Waals surface area contributed by atoms with Gasteiger partial charge in [0.25, 0.3) is 11.8 Å². The molecule has 2 aromatic rings. The van der Waals surface area contributed by atoms with Crippen molar-refractivity contribution in [1.82, 2.24) is 15.3 Å². The number of aliphatic hydroxyl groups is 1. The Labute approximate surface area is 195 Å². The number of rotatable bonds is 6. The molecule has 10 heteroatoms. The third kappa shape index (κ3) is 4.27. The number of nitrogens with one attached hydrogen (secondary N) is 1. The number of hydrogen-bond donors (Lipinski definition) is 3. The predicted octanol–water partition coefficient (Wildman–Crippen LogP) is 2.50. The summed E-state index contributed by atoms with van der Waals surface area (Å²) in [5.74, 6) is -1.48. The van der Waals surface area contributed by atoms with Crippen molar-refractivity contribution in [2.75, 3.05) is 6.61 Å². The summed E-state index contributed by atoms with van der Waals surface area (Å²) in [5.41, 5.74) is 6.29. The molecule has 2 bridgehead atoms. The second-order valence-corrected chi connectivity index (χ2v) is 9.43. The van der Waals surface area contributed by atoms with Crippen LogP contribution in [0, 0.1) is 19.7 Å². The van der Waals surface area contributed by atoms with Crippen LogP contribution in [0.2, 0.25) is 5.02 Å². The van der Waals surface area contributed by atoms with E-state index in [9.17, 15) is 19.1 Å². The number of carbonyl (C=O) groups excluding carboxylic acids is 2. The zero-order valence-electron chi connectivity index (χ0n) is 18.5. The van der Waals surface area contributed by atoms with Gasteiger partial charge in [0.1, 0.15) is 17.3 Å². The van der Waals surface area contributed by atoms with E-state index in [1.54, 1.807) is 6.92 Å². The van der Waals surface area contributed by atoms with Crippen molar-refractivity contribution >= 4 is 23.4 Å². The average Bonchev–Trinajstić information content (AvgIpc) is 2.75. The number of carbonyl (C=O) groups is 2. The summed E-state index contributed by atoms with van der Waals surface area (Å²) in [6, 6.07) is 3.95. The first kappa shape index (κ1) is 23.4. The maximum Gasteiger partial charge on any atom is 0.269 e. The molecule has 3 fully saturated rings. The maximum atomic E-state index is 13.6. The van der Waals surface area contributed by atoms with Gasteiger partial charge in [-0.2, -0.15) is 0 Å². The smallest absolute Gasteiger partial charge is 0.269 e. The Morgan fingerprint density at radius 2 is 1.94 bits per heavy atom. The Balaban J connectivity index is 1.46. The molecule has 1 aromatic carbocycles. The fourth-order valence-corrected chi connectivity index (χ4v) is 5.33. The van der Waals surface area contributed by atoms with Crippen molar-refractivity contribution in [3.8, 4) is 5.75 Å². The van der Waals surface area contributed by atoms with Crippen molar-refractivity contribution in [2.45, 2.75) is 63.0 Å². The van der Waals surface area contributed by atoms with Crippen molar-refractivity contribution in [1.29, 1.82) is 0 Å². The summed E-state index contributed by atoms with van der Waals surface area (Å²) in [5, 5.41) is 14.0. The first-order valence-electron chi connectivity index (χ1n) is 10.8. The number of aliphatic hydroxyl groups excluding tert-OH is 1. The van der Waals surface area contributed by atoms with Crippen LogP contribution >= 0.6 is 11.6 Å². The number of benzene rings is 1. The molecule has 3 saturated carbocycles. The molecule has 1 aromatic heterocycles. The van der Waals surface area contributed by atoms with Crippen LogP contribution in [0.1, 0.15) is 59.7 Å². The summed E-state index contributed by atoms with van der Waals surface area (Å²) < 4.78 is 18.9. The molecule has 0 spiro atoms. The van der Waals surface area contributed by atoms with E-state index in [4.69, 9.17) is 22.1 Å². The van der Waals surface area contributed by atoms with Crippen molar-refractivity contribution in [2.24, 2.45) is 5.73 Å². The first-order chi connectivity index (χ1) is 15.5. The largest absolute Gasteiger partial charge is 0.484 e. The fraction of sp³-hybridized carbons (Fsp3) is 0.478. The van der Waals surface area contributed by atoms with E-state index >= 15 is 0 Å². The highest BCUT2D eigenvalue weighted by Crippen LogP contribution is 2.53. The standard InChI is InChI=1S/C23H26ClFN4O4/c1-12-19(21(26)32)28-20(13(2)27-12)22-5-7-23(8-6-22,17(30)10-22)29-18(31)11-33-14-3-4-15(24)16(25)9-14/h3-4,9,17,30H,5-8,10-11H2,1-2H3,(H2,26,32)(H,29,31). The molecule has 0 aliphatic heterocycles. The van der Waals surface area contributed by atoms with E-state index in [1.807, 2.05) is 6.92 Å². The van der Waals surface area contributed by atoms with Crippen LogP contribution in [0.3, 0.4) is 0 Å². The first-order valence-corrected chi connectivity index (χ1v) is 11.2. The number of ether oxygens (including phenoxy) is 1. The van der Waals surface area contributed by atoms with Crippen LogP contribution in [0.15, 0.2) is 18.2 Å². The number of aryl methyl sites for hydroxylation is 2. The van der Waals surface area contributed by atoms with Crippen LogP contribution in [0.25, 0.3) is 0 Å². The average molecular weight is 477 g/mol. The van der Waals surface area contributed by atoms with Gasteiger partial charge < -0.3 is 20.9 Å². The molecule has 1 heterocycles. The van der Waals surface area contributed by atoms with Crippen LogP contribution in [-0.4, -0.2) is 45.1 Å². The molecular weight excluding hydrogens is 451 g/mol. The highest BCUT2D eigenvalue weighted by molar-refractivity contribution is 6.30. The van der Waals surface area contributed by atoms with Crippen LogP contribution in [0.5, 0.6) is 5.75 Å². The highest BCUT2D eigenvalue weighted by atomic mass is 35.5. The quantitative estimate of drug-likeness (QED) is 0.587. The van der Waals surface area contributed by atoms with Gasteiger partial charge >= 0.3 is 0 Å². The van der Waals surface area contributed by atoms with Crippen molar-refractivity contribution in [3.63, 3.8) is 0 Å². The maximum absolute atomic E-state index is 13.6. The van der Waals surface area contributed by atoms with Gasteiger partial charge in [-0.25, -0.2) is 9.37 Å². The van der Waals surface area contributed by atoms with E-state index in [0.29, 0.717) is 49.2 Å². The summed E-state index contributed by atoms with van der Waals surface area (Å²) in [6.07, 6.45) is 1.99. The lowest BCUT2D eigenvalue weighted by molar-refractivity contribution is -0.131. The van der Waals surface area contributed by atoms with Crippen LogP contribution < -0.4 is 15.8 Å². The Bertz CT molecular complexity index is 1120. The molecule has 0 radical (unpaired) electrons. The normalized spacial score (nSPS) is 26.2. The van der Waals surface area contributed by atoms with Crippen LogP contribution in [0.4, 0.5) is 4.39 Å². The fourth-order valence-electron chi connectivity index (χ4n) is 5.22. The van der Waals surface area contributed by atoms with E-state index in [0.717, 1.165) is 6.07 Å². The Morgan fingerprint density at radius 3 is 2.55 bits per heavy atom. The lowest BCUT2D eigenvalue weighted by Gasteiger charge is -2.56. The number of halogens is 2. The number of hydrogen-bond acceptors (Lipinski definition) is 6. The summed E-state index contributed by atoms with van der Waals surface area (Å²) >= 11 is 5.66. The number of amides is 2. The molecule has 2 amide bonds. The van der Waals surface area contributed by atoms with Gasteiger partial charge in [0, 0.05) is 11.5 Å². The highest BCUT2D eigenvalue weighted by Gasteiger charge is 2.56. The van der Waals surface area contributed by atoms with Crippen molar-refractivity contribution in [3.05, 3.63) is 51.8 Å². The molecule has 1 unspecified atom stereocenters. The minimum Gasteiger partial charge on any atom is -0.484 e. The van der Waals surface area contributed by atoms with E-state index < -0.39 is 34.7 Å². The lowest BCUT2D eigenvalue weighted by atomic mass is 9.54. The SMILES string of the molecule is Cc1nc(C)c(C23CCC(NC(=O)COc4ccc(Cl)c(F)c4)(CC2)C(O)C3)nc1C(N)=O. The zero-order chi connectivity index (χ0) is 24.0. The molecule has 176 valence electrons. The van der Waals surface area contributed by atoms with Crippen molar-refractivity contribution < 1.29 is 23.8 Å². The number of primary amides is 1. The van der Waals surface area contributed by atoms with Gasteiger partial charge in [-0.3, -0.25) is 14.6 Å². The minimum atomic E-state index is -0.809. The molecule has 5 rings (SSSR count). The number of nitrogens with zero attached hydrogens (tertiary/aromatic N) is 2. The van der Waals surface area contributed by atoms with Crippen LogP contribution in [-0.2, 0) is 10.2 Å².